The van der Waals surface area contributed by atoms with Crippen molar-refractivity contribution in [3.05, 3.63) is 88.2 Å². The topological polar surface area (TPSA) is 68.4 Å². The van der Waals surface area contributed by atoms with Crippen LogP contribution >= 0.6 is 0 Å². The minimum atomic E-state index is -0.409. The molecule has 0 aliphatic heterocycles. The number of hydrogen-bond donors (Lipinski definition) is 1. The highest BCUT2D eigenvalue weighted by molar-refractivity contribution is 6.03. The zero-order valence-electron chi connectivity index (χ0n) is 17.9. The first-order valence-electron chi connectivity index (χ1n) is 10.7. The van der Waals surface area contributed by atoms with Gasteiger partial charge in [-0.1, -0.05) is 42.5 Å². The number of aromatic nitrogens is 1. The molecule has 0 spiro atoms. The number of benzene rings is 2. The molecule has 2 aromatic carbocycles. The van der Waals surface area contributed by atoms with Crippen molar-refractivity contribution in [3.63, 3.8) is 0 Å². The summed E-state index contributed by atoms with van der Waals surface area (Å²) in [5, 5.41) is 0. The first-order chi connectivity index (χ1) is 15.1. The van der Waals surface area contributed by atoms with E-state index >= 15 is 0 Å². The van der Waals surface area contributed by atoms with Crippen LogP contribution in [0.25, 0.3) is 0 Å². The molecule has 0 saturated carbocycles. The number of nitrogens with one attached hydrogen (secondary N) is 1. The number of aromatic amines is 1. The fourth-order valence-electron chi connectivity index (χ4n) is 4.25. The molecular weight excluding hydrogens is 390 g/mol. The maximum Gasteiger partial charge on any atom is 0.355 e. The summed E-state index contributed by atoms with van der Waals surface area (Å²) in [5.74, 6) is 0.562. The van der Waals surface area contributed by atoms with E-state index in [1.54, 1.807) is 0 Å². The van der Waals surface area contributed by atoms with Crippen molar-refractivity contribution in [2.45, 2.75) is 39.0 Å². The molecule has 1 aromatic heterocycles. The lowest BCUT2D eigenvalue weighted by Crippen LogP contribution is -2.18. The molecule has 1 aliphatic rings. The summed E-state index contributed by atoms with van der Waals surface area (Å²) >= 11 is 0. The van der Waals surface area contributed by atoms with Crippen molar-refractivity contribution >= 4 is 11.8 Å². The Labute approximate surface area is 182 Å². The molecule has 4 rings (SSSR count). The third-order valence-electron chi connectivity index (χ3n) is 5.82. The summed E-state index contributed by atoms with van der Waals surface area (Å²) < 4.78 is 11.0. The van der Waals surface area contributed by atoms with Gasteiger partial charge in [0.1, 0.15) is 11.4 Å². The zero-order valence-corrected chi connectivity index (χ0v) is 17.9. The Hall–Kier alpha value is -3.34. The van der Waals surface area contributed by atoms with E-state index in [-0.39, 0.29) is 11.7 Å². The van der Waals surface area contributed by atoms with Gasteiger partial charge in [0.2, 0.25) is 0 Å². The van der Waals surface area contributed by atoms with Gasteiger partial charge in [0.15, 0.2) is 5.78 Å². The van der Waals surface area contributed by atoms with Crippen molar-refractivity contribution in [3.8, 4) is 5.75 Å². The molecule has 3 aromatic rings. The van der Waals surface area contributed by atoms with Crippen LogP contribution in [0.4, 0.5) is 0 Å². The summed E-state index contributed by atoms with van der Waals surface area (Å²) in [4.78, 5) is 28.7. The van der Waals surface area contributed by atoms with E-state index < -0.39 is 5.97 Å². The van der Waals surface area contributed by atoms with Crippen molar-refractivity contribution < 1.29 is 19.1 Å². The van der Waals surface area contributed by atoms with Crippen molar-refractivity contribution in [2.24, 2.45) is 0 Å². The molecule has 1 atom stereocenters. The van der Waals surface area contributed by atoms with Crippen LogP contribution in [0, 0.1) is 6.92 Å². The van der Waals surface area contributed by atoms with Crippen LogP contribution in [0.3, 0.4) is 0 Å². The Morgan fingerprint density at radius 3 is 2.52 bits per heavy atom. The Morgan fingerprint density at radius 2 is 1.81 bits per heavy atom. The number of ketones is 1. The number of rotatable bonds is 7. The molecule has 5 nitrogen and oxygen atoms in total. The highest BCUT2D eigenvalue weighted by Gasteiger charge is 2.32. The van der Waals surface area contributed by atoms with Gasteiger partial charge in [-0.2, -0.15) is 0 Å². The monoisotopic (exact) mass is 417 g/mol. The molecule has 31 heavy (non-hydrogen) atoms. The molecule has 1 N–H and O–H groups in total. The number of ether oxygens (including phenoxy) is 2. The third kappa shape index (κ3) is 4.55. The molecule has 0 saturated heterocycles. The first-order valence-corrected chi connectivity index (χ1v) is 10.7. The highest BCUT2D eigenvalue weighted by Crippen LogP contribution is 2.35. The van der Waals surface area contributed by atoms with E-state index in [0.29, 0.717) is 49.3 Å². The molecule has 0 fully saturated rings. The Morgan fingerprint density at radius 1 is 1.06 bits per heavy atom. The van der Waals surface area contributed by atoms with Gasteiger partial charge in [0.05, 0.1) is 13.2 Å². The van der Waals surface area contributed by atoms with Gasteiger partial charge in [-0.05, 0) is 55.0 Å². The third-order valence-corrected chi connectivity index (χ3v) is 5.82. The van der Waals surface area contributed by atoms with Crippen LogP contribution in [0.1, 0.15) is 62.5 Å². The van der Waals surface area contributed by atoms with Crippen molar-refractivity contribution in [2.75, 3.05) is 13.2 Å². The van der Waals surface area contributed by atoms with Crippen LogP contribution in [0.5, 0.6) is 5.75 Å². The van der Waals surface area contributed by atoms with Crippen LogP contribution in [0.2, 0.25) is 0 Å². The molecule has 0 radical (unpaired) electrons. The molecule has 1 heterocycles. The number of carbonyl (C=O) groups excluding carboxylic acids is 2. The van der Waals surface area contributed by atoms with Gasteiger partial charge in [-0.25, -0.2) is 4.79 Å². The van der Waals surface area contributed by atoms with Gasteiger partial charge in [-0.15, -0.1) is 0 Å². The van der Waals surface area contributed by atoms with Crippen molar-refractivity contribution in [1.82, 2.24) is 4.98 Å². The molecule has 0 bridgehead atoms. The largest absolute Gasteiger partial charge is 0.494 e. The van der Waals surface area contributed by atoms with Gasteiger partial charge in [-0.3, -0.25) is 4.79 Å². The summed E-state index contributed by atoms with van der Waals surface area (Å²) in [5.41, 5.74) is 4.77. The normalized spacial score (nSPS) is 15.4. The SMILES string of the molecule is CCOc1ccc(C2CC(=O)c3c([nH]c(C(=O)OCCc4ccccc4)c3C)C2)cc1. The number of esters is 1. The average Bonchev–Trinajstić information content (AvgIpc) is 3.12. The number of Topliss-reactive ketones (excluding diaryl/α,β-unsaturated/α-hetero) is 1. The number of fused-ring (bicyclic) bond motifs is 1. The van der Waals surface area contributed by atoms with E-state index in [9.17, 15) is 9.59 Å². The molecular formula is C26H27NO4. The Bertz CT molecular complexity index is 1070. The second-order valence-corrected chi connectivity index (χ2v) is 7.88. The molecule has 1 aliphatic carbocycles. The van der Waals surface area contributed by atoms with E-state index in [0.717, 1.165) is 22.6 Å². The Kier molecular flexibility index (Phi) is 6.21. The fraction of sp³-hybridized carbons (Fsp3) is 0.308. The van der Waals surface area contributed by atoms with Crippen LogP contribution in [-0.2, 0) is 17.6 Å². The summed E-state index contributed by atoms with van der Waals surface area (Å²) in [6.45, 7) is 4.69. The maximum atomic E-state index is 12.9. The van der Waals surface area contributed by atoms with Crippen LogP contribution in [0.15, 0.2) is 54.6 Å². The predicted molar refractivity (Wildman–Crippen MR) is 119 cm³/mol. The summed E-state index contributed by atoms with van der Waals surface area (Å²) in [6.07, 6.45) is 1.78. The van der Waals surface area contributed by atoms with E-state index in [1.807, 2.05) is 68.4 Å². The summed E-state index contributed by atoms with van der Waals surface area (Å²) in [7, 11) is 0. The Balaban J connectivity index is 1.46. The zero-order chi connectivity index (χ0) is 21.8. The van der Waals surface area contributed by atoms with Crippen molar-refractivity contribution in [1.29, 1.82) is 0 Å². The molecule has 160 valence electrons. The highest BCUT2D eigenvalue weighted by atomic mass is 16.5. The average molecular weight is 418 g/mol. The second-order valence-electron chi connectivity index (χ2n) is 7.88. The smallest absolute Gasteiger partial charge is 0.355 e. The van der Waals surface area contributed by atoms with Gasteiger partial charge in [0, 0.05) is 24.1 Å². The molecule has 1 unspecified atom stereocenters. The minimum Gasteiger partial charge on any atom is -0.494 e. The van der Waals surface area contributed by atoms with E-state index in [1.165, 1.54) is 0 Å². The van der Waals surface area contributed by atoms with E-state index in [2.05, 4.69) is 4.98 Å². The standard InChI is InChI=1S/C26H27NO4/c1-3-30-21-11-9-19(10-12-21)20-15-22-24(23(28)16-20)17(2)25(27-22)26(29)31-14-13-18-7-5-4-6-8-18/h4-12,20,27H,3,13-16H2,1-2H3. The predicted octanol–water partition coefficient (Wildman–Crippen LogP) is 5.03. The molecule has 0 amide bonds. The first kappa shape index (κ1) is 20.9. The fourth-order valence-corrected chi connectivity index (χ4v) is 4.25. The molecule has 5 heteroatoms. The number of carbonyl (C=O) groups is 2. The van der Waals surface area contributed by atoms with Crippen LogP contribution < -0.4 is 4.74 Å². The quantitative estimate of drug-likeness (QED) is 0.547. The number of hydrogen-bond acceptors (Lipinski definition) is 4. The van der Waals surface area contributed by atoms with Gasteiger partial charge >= 0.3 is 5.97 Å². The lowest BCUT2D eigenvalue weighted by molar-refractivity contribution is 0.0502. The second kappa shape index (κ2) is 9.21. The van der Waals surface area contributed by atoms with Gasteiger partial charge < -0.3 is 14.5 Å². The lowest BCUT2D eigenvalue weighted by Gasteiger charge is -2.22. The summed E-state index contributed by atoms with van der Waals surface area (Å²) in [6, 6.07) is 17.8. The van der Waals surface area contributed by atoms with Gasteiger partial charge in [0.25, 0.3) is 0 Å². The maximum absolute atomic E-state index is 12.9. The minimum absolute atomic E-state index is 0.0669. The van der Waals surface area contributed by atoms with Crippen LogP contribution in [-0.4, -0.2) is 30.0 Å². The number of H-pyrrole nitrogens is 1. The van der Waals surface area contributed by atoms with E-state index in [4.69, 9.17) is 9.47 Å². The lowest BCUT2D eigenvalue weighted by atomic mass is 9.81.